The second-order valence-corrected chi connectivity index (χ2v) is 9.89. The molecule has 0 spiro atoms. The number of carbonyl (C=O) groups excluding carboxylic acids is 1. The fraction of sp³-hybridized carbons (Fsp3) is 0.579. The number of fused-ring (bicyclic) bond motifs is 1. The fourth-order valence-corrected chi connectivity index (χ4v) is 5.88. The molecule has 5 rings (SSSR count). The fourth-order valence-electron chi connectivity index (χ4n) is 3.99. The third kappa shape index (κ3) is 3.69. The molecule has 3 aliphatic rings. The Morgan fingerprint density at radius 2 is 2.13 bits per heavy atom. The van der Waals surface area contributed by atoms with Crippen molar-refractivity contribution in [3.63, 3.8) is 0 Å². The zero-order chi connectivity index (χ0) is 20.7. The summed E-state index contributed by atoms with van der Waals surface area (Å²) in [5, 5.41) is 1.68. The Morgan fingerprint density at radius 3 is 2.87 bits per heavy atom. The van der Waals surface area contributed by atoms with Gasteiger partial charge in [0.05, 0.1) is 41.3 Å². The van der Waals surface area contributed by atoms with Crippen molar-refractivity contribution in [1.82, 2.24) is 14.3 Å². The summed E-state index contributed by atoms with van der Waals surface area (Å²) in [4.78, 5) is 26.6. The molecule has 11 heteroatoms. The largest absolute Gasteiger partial charge is 0.455 e. The van der Waals surface area contributed by atoms with Crippen molar-refractivity contribution >= 4 is 40.1 Å². The zero-order valence-corrected chi connectivity index (χ0v) is 18.3. The minimum absolute atomic E-state index is 0.194. The van der Waals surface area contributed by atoms with E-state index in [1.54, 1.807) is 5.38 Å². The lowest BCUT2D eigenvalue weighted by molar-refractivity contribution is 0.0231. The minimum atomic E-state index is -1.06. The molecule has 0 radical (unpaired) electrons. The molecule has 0 bridgehead atoms. The Bertz CT molecular complexity index is 958. The summed E-state index contributed by atoms with van der Waals surface area (Å²) >= 11 is 1.23. The highest BCUT2D eigenvalue weighted by atomic mass is 32.2. The van der Waals surface area contributed by atoms with Crippen molar-refractivity contribution in [2.75, 3.05) is 48.9 Å². The predicted octanol–water partition coefficient (Wildman–Crippen LogP) is 1.26. The van der Waals surface area contributed by atoms with Crippen LogP contribution in [-0.4, -0.2) is 75.8 Å². The first-order valence-corrected chi connectivity index (χ1v) is 12.2. The first kappa shape index (κ1) is 19.8. The second kappa shape index (κ2) is 8.20. The summed E-state index contributed by atoms with van der Waals surface area (Å²) in [7, 11) is 0.959. The monoisotopic (exact) mass is 449 g/mol. The Morgan fingerprint density at radius 1 is 1.33 bits per heavy atom. The standard InChI is InChI=1S/C19H23N5O4S2/c1-23(13-2-5-27-6-3-13)17-16-15(4-7-30(16)26)21-19(22-17)24-9-14(10-24)28-18(25)12-8-20-29-11-12/h8,11,13-14H,2-7,9-10H2,1H3. The van der Waals surface area contributed by atoms with Gasteiger partial charge in [0.2, 0.25) is 5.95 Å². The van der Waals surface area contributed by atoms with E-state index in [2.05, 4.69) is 9.27 Å². The van der Waals surface area contributed by atoms with Crippen LogP contribution in [0.25, 0.3) is 0 Å². The summed E-state index contributed by atoms with van der Waals surface area (Å²) < 4.78 is 27.6. The van der Waals surface area contributed by atoms with Crippen LogP contribution in [-0.2, 0) is 26.7 Å². The van der Waals surface area contributed by atoms with Gasteiger partial charge < -0.3 is 19.3 Å². The molecule has 0 aromatic carbocycles. The maximum absolute atomic E-state index is 12.6. The second-order valence-electron chi connectivity index (χ2n) is 7.72. The molecule has 2 fully saturated rings. The lowest BCUT2D eigenvalue weighted by Crippen LogP contribution is -2.54. The molecular weight excluding hydrogens is 426 g/mol. The van der Waals surface area contributed by atoms with E-state index in [9.17, 15) is 9.00 Å². The molecule has 2 saturated heterocycles. The van der Waals surface area contributed by atoms with E-state index >= 15 is 0 Å². The molecule has 0 aliphatic carbocycles. The van der Waals surface area contributed by atoms with Crippen molar-refractivity contribution in [3.8, 4) is 0 Å². The molecule has 160 valence electrons. The van der Waals surface area contributed by atoms with Crippen LogP contribution in [0.2, 0.25) is 0 Å². The van der Waals surface area contributed by atoms with Crippen LogP contribution in [0.15, 0.2) is 16.5 Å². The van der Waals surface area contributed by atoms with Crippen LogP contribution >= 0.6 is 11.5 Å². The van der Waals surface area contributed by atoms with Gasteiger partial charge in [0.1, 0.15) is 11.0 Å². The van der Waals surface area contributed by atoms with Crippen LogP contribution in [0.5, 0.6) is 0 Å². The van der Waals surface area contributed by atoms with Gasteiger partial charge in [0, 0.05) is 43.9 Å². The smallest absolute Gasteiger partial charge is 0.341 e. The third-order valence-corrected chi connectivity index (χ3v) is 7.84. The molecule has 3 aliphatic heterocycles. The maximum atomic E-state index is 12.6. The van der Waals surface area contributed by atoms with Crippen molar-refractivity contribution in [1.29, 1.82) is 0 Å². The molecule has 2 aromatic rings. The summed E-state index contributed by atoms with van der Waals surface area (Å²) in [6.07, 6.45) is 3.88. The predicted molar refractivity (Wildman–Crippen MR) is 113 cm³/mol. The van der Waals surface area contributed by atoms with E-state index in [1.807, 2.05) is 11.9 Å². The average Bonchev–Trinajstić information content (AvgIpc) is 3.40. The lowest BCUT2D eigenvalue weighted by atomic mass is 10.1. The van der Waals surface area contributed by atoms with Gasteiger partial charge in [-0.1, -0.05) is 0 Å². The van der Waals surface area contributed by atoms with Gasteiger partial charge in [-0.25, -0.2) is 14.2 Å². The van der Waals surface area contributed by atoms with Crippen molar-refractivity contribution in [2.24, 2.45) is 0 Å². The minimum Gasteiger partial charge on any atom is -0.455 e. The molecule has 1 atom stereocenters. The van der Waals surface area contributed by atoms with Gasteiger partial charge in [-0.15, -0.1) is 0 Å². The Kier molecular flexibility index (Phi) is 5.42. The van der Waals surface area contributed by atoms with Gasteiger partial charge in [-0.3, -0.25) is 4.21 Å². The number of anilines is 2. The van der Waals surface area contributed by atoms with Crippen LogP contribution in [0, 0.1) is 0 Å². The van der Waals surface area contributed by atoms with E-state index in [-0.39, 0.29) is 12.1 Å². The summed E-state index contributed by atoms with van der Waals surface area (Å²) in [6.45, 7) is 2.56. The molecule has 2 aromatic heterocycles. The molecule has 0 N–H and O–H groups in total. The van der Waals surface area contributed by atoms with Gasteiger partial charge in [0.25, 0.3) is 0 Å². The van der Waals surface area contributed by atoms with Crippen molar-refractivity contribution in [2.45, 2.75) is 36.3 Å². The number of hydrogen-bond donors (Lipinski definition) is 0. The quantitative estimate of drug-likeness (QED) is 0.625. The lowest BCUT2D eigenvalue weighted by Gasteiger charge is -2.39. The van der Waals surface area contributed by atoms with E-state index in [1.165, 1.54) is 17.7 Å². The summed E-state index contributed by atoms with van der Waals surface area (Å²) in [5.74, 6) is 1.63. The summed E-state index contributed by atoms with van der Waals surface area (Å²) in [5.41, 5.74) is 1.35. The van der Waals surface area contributed by atoms with Gasteiger partial charge in [-0.2, -0.15) is 4.98 Å². The van der Waals surface area contributed by atoms with Gasteiger partial charge in [0.15, 0.2) is 5.82 Å². The number of rotatable bonds is 5. The Labute approximate surface area is 181 Å². The molecular formula is C19H23N5O4S2. The van der Waals surface area contributed by atoms with Crippen LogP contribution in [0.1, 0.15) is 28.9 Å². The first-order valence-electron chi connectivity index (χ1n) is 10.1. The number of esters is 1. The molecule has 1 unspecified atom stereocenters. The van der Waals surface area contributed by atoms with E-state index in [0.717, 1.165) is 42.5 Å². The first-order chi connectivity index (χ1) is 14.6. The molecule has 0 amide bonds. The molecule has 5 heterocycles. The number of ether oxygens (including phenoxy) is 2. The average molecular weight is 450 g/mol. The highest BCUT2D eigenvalue weighted by Gasteiger charge is 2.36. The summed E-state index contributed by atoms with van der Waals surface area (Å²) in [6, 6.07) is 0.313. The number of nitrogens with zero attached hydrogens (tertiary/aromatic N) is 5. The van der Waals surface area contributed by atoms with Crippen molar-refractivity contribution < 1.29 is 18.5 Å². The van der Waals surface area contributed by atoms with E-state index in [4.69, 9.17) is 19.4 Å². The zero-order valence-electron chi connectivity index (χ0n) is 16.7. The van der Waals surface area contributed by atoms with Gasteiger partial charge >= 0.3 is 5.97 Å². The Hall–Kier alpha value is -2.11. The number of hydrogen-bond acceptors (Lipinski definition) is 10. The van der Waals surface area contributed by atoms with Crippen LogP contribution in [0.4, 0.5) is 11.8 Å². The van der Waals surface area contributed by atoms with Gasteiger partial charge in [-0.05, 0) is 24.4 Å². The van der Waals surface area contributed by atoms with Crippen LogP contribution < -0.4 is 9.80 Å². The normalized spacial score (nSPS) is 21.9. The number of carbonyl (C=O) groups is 1. The maximum Gasteiger partial charge on any atom is 0.341 e. The van der Waals surface area contributed by atoms with E-state index in [0.29, 0.717) is 42.8 Å². The third-order valence-electron chi connectivity index (χ3n) is 5.80. The number of aromatic nitrogens is 3. The highest BCUT2D eigenvalue weighted by Crippen LogP contribution is 2.34. The Balaban J connectivity index is 1.33. The molecule has 9 nitrogen and oxygen atoms in total. The van der Waals surface area contributed by atoms with Crippen LogP contribution in [0.3, 0.4) is 0 Å². The topological polar surface area (TPSA) is 97.8 Å². The highest BCUT2D eigenvalue weighted by molar-refractivity contribution is 7.85. The SMILES string of the molecule is CN(c1nc(N2CC(OC(=O)c3cnsc3)C2)nc2c1S(=O)CC2)C1CCOCC1. The number of aryl methyl sites for hydroxylation is 1. The molecule has 30 heavy (non-hydrogen) atoms. The van der Waals surface area contributed by atoms with E-state index < -0.39 is 10.8 Å². The van der Waals surface area contributed by atoms with Crippen molar-refractivity contribution in [3.05, 3.63) is 22.8 Å². The molecule has 0 saturated carbocycles.